The molecule has 0 unspecified atom stereocenters. The molecule has 0 aliphatic heterocycles. The molecule has 21 heavy (non-hydrogen) atoms. The zero-order valence-corrected chi connectivity index (χ0v) is 11.9. The zero-order valence-electron chi connectivity index (χ0n) is 11.9. The molecule has 0 atom stereocenters. The molecule has 2 aromatic rings. The van der Waals surface area contributed by atoms with Crippen molar-refractivity contribution in [1.82, 2.24) is 4.98 Å². The van der Waals surface area contributed by atoms with E-state index in [9.17, 15) is 0 Å². The molecule has 0 amide bonds. The van der Waals surface area contributed by atoms with E-state index in [0.29, 0.717) is 31.1 Å². The van der Waals surface area contributed by atoms with Gasteiger partial charge < -0.3 is 9.47 Å². The first-order chi connectivity index (χ1) is 10.4. The number of aromatic nitrogens is 1. The van der Waals surface area contributed by atoms with Crippen molar-refractivity contribution in [1.29, 1.82) is 5.26 Å². The van der Waals surface area contributed by atoms with Crippen molar-refractivity contribution in [2.24, 2.45) is 0 Å². The highest BCUT2D eigenvalue weighted by atomic mass is 16.5. The van der Waals surface area contributed by atoms with Crippen LogP contribution in [0.15, 0.2) is 48.7 Å². The number of rotatable bonds is 8. The number of hydrogen-bond acceptors (Lipinski definition) is 4. The SMILES string of the molecule is N#Cc1ccccc1OCCCOCCc1ccccn1. The van der Waals surface area contributed by atoms with E-state index in [-0.39, 0.29) is 0 Å². The number of pyridine rings is 1. The summed E-state index contributed by atoms with van der Waals surface area (Å²) in [6.07, 6.45) is 3.40. The minimum Gasteiger partial charge on any atom is -0.492 e. The summed E-state index contributed by atoms with van der Waals surface area (Å²) in [5.41, 5.74) is 1.60. The minimum absolute atomic E-state index is 0.544. The zero-order chi connectivity index (χ0) is 14.8. The summed E-state index contributed by atoms with van der Waals surface area (Å²) in [5.74, 6) is 0.633. The van der Waals surface area contributed by atoms with Crippen LogP contribution in [0.1, 0.15) is 17.7 Å². The maximum Gasteiger partial charge on any atom is 0.137 e. The van der Waals surface area contributed by atoms with E-state index < -0.39 is 0 Å². The predicted molar refractivity (Wildman–Crippen MR) is 80.0 cm³/mol. The van der Waals surface area contributed by atoms with Crippen LogP contribution in [0, 0.1) is 11.3 Å². The first kappa shape index (κ1) is 15.0. The van der Waals surface area contributed by atoms with Crippen LogP contribution in [0.2, 0.25) is 0 Å². The smallest absolute Gasteiger partial charge is 0.137 e. The van der Waals surface area contributed by atoms with Crippen molar-refractivity contribution in [3.63, 3.8) is 0 Å². The number of ether oxygens (including phenoxy) is 2. The molecule has 4 nitrogen and oxygen atoms in total. The average Bonchev–Trinajstić information content (AvgIpc) is 2.55. The van der Waals surface area contributed by atoms with Crippen molar-refractivity contribution >= 4 is 0 Å². The van der Waals surface area contributed by atoms with Crippen LogP contribution in [0.25, 0.3) is 0 Å². The molecular formula is C17H18N2O2. The number of nitriles is 1. The normalized spacial score (nSPS) is 10.0. The van der Waals surface area contributed by atoms with Crippen LogP contribution in [-0.2, 0) is 11.2 Å². The van der Waals surface area contributed by atoms with Gasteiger partial charge in [0.05, 0.1) is 18.8 Å². The van der Waals surface area contributed by atoms with E-state index in [0.717, 1.165) is 18.5 Å². The van der Waals surface area contributed by atoms with E-state index in [1.54, 1.807) is 18.3 Å². The number of para-hydroxylation sites is 1. The van der Waals surface area contributed by atoms with E-state index in [1.807, 2.05) is 30.3 Å². The Morgan fingerprint density at radius 2 is 1.86 bits per heavy atom. The standard InChI is InChI=1S/C17H18N2O2/c18-14-15-6-1-2-8-17(15)21-12-5-11-20-13-9-16-7-3-4-10-19-16/h1-4,6-8,10H,5,9,11-13H2. The first-order valence-corrected chi connectivity index (χ1v) is 7.00. The Labute approximate surface area is 125 Å². The van der Waals surface area contributed by atoms with E-state index in [1.165, 1.54) is 0 Å². The number of hydrogen-bond donors (Lipinski definition) is 0. The average molecular weight is 282 g/mol. The Kier molecular flexibility index (Phi) is 6.24. The summed E-state index contributed by atoms with van der Waals surface area (Å²) in [6, 6.07) is 15.2. The molecule has 108 valence electrons. The van der Waals surface area contributed by atoms with Crippen molar-refractivity contribution in [3.05, 3.63) is 59.9 Å². The summed E-state index contributed by atoms with van der Waals surface area (Å²) >= 11 is 0. The van der Waals surface area contributed by atoms with Gasteiger partial charge in [0.1, 0.15) is 11.8 Å². The molecular weight excluding hydrogens is 264 g/mol. The predicted octanol–water partition coefficient (Wildman–Crippen LogP) is 2.98. The number of nitrogens with zero attached hydrogens (tertiary/aromatic N) is 2. The third-order valence-electron chi connectivity index (χ3n) is 2.93. The molecule has 1 heterocycles. The molecule has 0 radical (unpaired) electrons. The maximum absolute atomic E-state index is 8.94. The van der Waals surface area contributed by atoms with Gasteiger partial charge in [0.15, 0.2) is 0 Å². The third kappa shape index (κ3) is 5.25. The van der Waals surface area contributed by atoms with E-state index in [4.69, 9.17) is 14.7 Å². The lowest BCUT2D eigenvalue weighted by atomic mass is 10.2. The van der Waals surface area contributed by atoms with Crippen molar-refractivity contribution < 1.29 is 9.47 Å². The highest BCUT2D eigenvalue weighted by Crippen LogP contribution is 2.16. The highest BCUT2D eigenvalue weighted by Gasteiger charge is 2.01. The lowest BCUT2D eigenvalue weighted by Gasteiger charge is -2.08. The van der Waals surface area contributed by atoms with Gasteiger partial charge in [-0.25, -0.2) is 0 Å². The summed E-state index contributed by atoms with van der Waals surface area (Å²) in [6.45, 7) is 1.84. The van der Waals surface area contributed by atoms with Crippen LogP contribution in [0.4, 0.5) is 0 Å². The molecule has 1 aromatic carbocycles. The van der Waals surface area contributed by atoms with Gasteiger partial charge in [-0.2, -0.15) is 5.26 Å². The van der Waals surface area contributed by atoms with Gasteiger partial charge in [-0.1, -0.05) is 18.2 Å². The molecule has 1 aromatic heterocycles. The van der Waals surface area contributed by atoms with Crippen molar-refractivity contribution in [2.75, 3.05) is 19.8 Å². The number of benzene rings is 1. The van der Waals surface area contributed by atoms with Gasteiger partial charge in [-0.3, -0.25) is 4.98 Å². The Balaban J connectivity index is 1.57. The topological polar surface area (TPSA) is 55.1 Å². The lowest BCUT2D eigenvalue weighted by Crippen LogP contribution is -2.06. The maximum atomic E-state index is 8.94. The Morgan fingerprint density at radius 3 is 2.67 bits per heavy atom. The molecule has 2 rings (SSSR count). The summed E-state index contributed by atoms with van der Waals surface area (Å²) < 4.78 is 11.1. The Hall–Kier alpha value is -2.38. The molecule has 0 fully saturated rings. The van der Waals surface area contributed by atoms with Crippen LogP contribution < -0.4 is 4.74 Å². The van der Waals surface area contributed by atoms with Gasteiger partial charge in [0.2, 0.25) is 0 Å². The monoisotopic (exact) mass is 282 g/mol. The second kappa shape index (κ2) is 8.72. The second-order valence-corrected chi connectivity index (χ2v) is 4.49. The molecule has 0 saturated heterocycles. The first-order valence-electron chi connectivity index (χ1n) is 7.00. The molecule has 0 spiro atoms. The minimum atomic E-state index is 0.544. The van der Waals surface area contributed by atoms with Crippen LogP contribution >= 0.6 is 0 Å². The molecule has 0 bridgehead atoms. The largest absolute Gasteiger partial charge is 0.492 e. The van der Waals surface area contributed by atoms with Gasteiger partial charge in [0, 0.05) is 31.3 Å². The fourth-order valence-electron chi connectivity index (χ4n) is 1.85. The van der Waals surface area contributed by atoms with Crippen LogP contribution in [-0.4, -0.2) is 24.8 Å². The Morgan fingerprint density at radius 1 is 1.00 bits per heavy atom. The fourth-order valence-corrected chi connectivity index (χ4v) is 1.85. The van der Waals surface area contributed by atoms with Crippen LogP contribution in [0.5, 0.6) is 5.75 Å². The molecule has 0 aliphatic carbocycles. The fraction of sp³-hybridized carbons (Fsp3) is 0.294. The quantitative estimate of drug-likeness (QED) is 0.698. The summed E-state index contributed by atoms with van der Waals surface area (Å²) in [4.78, 5) is 4.24. The van der Waals surface area contributed by atoms with Crippen LogP contribution in [0.3, 0.4) is 0 Å². The van der Waals surface area contributed by atoms with Gasteiger partial charge in [0.25, 0.3) is 0 Å². The van der Waals surface area contributed by atoms with Gasteiger partial charge in [-0.05, 0) is 24.3 Å². The second-order valence-electron chi connectivity index (χ2n) is 4.49. The van der Waals surface area contributed by atoms with E-state index in [2.05, 4.69) is 11.1 Å². The Bertz CT molecular complexity index is 579. The highest BCUT2D eigenvalue weighted by molar-refractivity contribution is 5.42. The molecule has 0 N–H and O–H groups in total. The molecule has 0 saturated carbocycles. The summed E-state index contributed by atoms with van der Waals surface area (Å²) in [5, 5.41) is 8.94. The lowest BCUT2D eigenvalue weighted by molar-refractivity contribution is 0.121. The van der Waals surface area contributed by atoms with Crippen molar-refractivity contribution in [3.8, 4) is 11.8 Å². The van der Waals surface area contributed by atoms with Gasteiger partial charge >= 0.3 is 0 Å². The van der Waals surface area contributed by atoms with Crippen molar-refractivity contribution in [2.45, 2.75) is 12.8 Å². The molecule has 4 heteroatoms. The van der Waals surface area contributed by atoms with Gasteiger partial charge in [-0.15, -0.1) is 0 Å². The summed E-state index contributed by atoms with van der Waals surface area (Å²) in [7, 11) is 0. The molecule has 0 aliphatic rings. The third-order valence-corrected chi connectivity index (χ3v) is 2.93. The van der Waals surface area contributed by atoms with E-state index >= 15 is 0 Å².